The normalized spacial score (nSPS) is 20.1. The molecule has 1 aromatic heterocycles. The zero-order valence-electron chi connectivity index (χ0n) is 9.33. The van der Waals surface area contributed by atoms with Crippen molar-refractivity contribution in [3.05, 3.63) is 24.2 Å². The number of hydrogen-bond donors (Lipinski definition) is 2. The van der Waals surface area contributed by atoms with E-state index in [1.54, 1.807) is 6.26 Å². The van der Waals surface area contributed by atoms with Crippen LogP contribution in [0.1, 0.15) is 25.5 Å². The van der Waals surface area contributed by atoms with Gasteiger partial charge in [-0.1, -0.05) is 0 Å². The first-order valence-corrected chi connectivity index (χ1v) is 5.70. The Morgan fingerprint density at radius 2 is 2.40 bits per heavy atom. The van der Waals surface area contributed by atoms with E-state index < -0.39 is 0 Å². The highest BCUT2D eigenvalue weighted by Gasteiger charge is 2.40. The molecule has 1 aliphatic carbocycles. The van der Waals surface area contributed by atoms with E-state index in [-0.39, 0.29) is 0 Å². The first-order valence-electron chi connectivity index (χ1n) is 5.70. The van der Waals surface area contributed by atoms with Crippen LogP contribution >= 0.6 is 0 Å². The van der Waals surface area contributed by atoms with Crippen LogP contribution in [0.3, 0.4) is 0 Å². The molecule has 1 unspecified atom stereocenters. The van der Waals surface area contributed by atoms with Crippen LogP contribution in [0, 0.1) is 5.41 Å². The van der Waals surface area contributed by atoms with Gasteiger partial charge in [-0.15, -0.1) is 0 Å². The highest BCUT2D eigenvalue weighted by atomic mass is 16.3. The molecule has 0 radical (unpaired) electrons. The molecular formula is C12H20N2O. The topological polar surface area (TPSA) is 51.2 Å². The summed E-state index contributed by atoms with van der Waals surface area (Å²) in [7, 11) is 0. The molecule has 1 heterocycles. The maximum Gasteiger partial charge on any atom is 0.105 e. The lowest BCUT2D eigenvalue weighted by atomic mass is 10.1. The highest BCUT2D eigenvalue weighted by molar-refractivity contribution is 5.01. The van der Waals surface area contributed by atoms with Gasteiger partial charge in [0.15, 0.2) is 0 Å². The standard InChI is InChI=1S/C12H20N2O/c1-10(7-11-3-2-6-15-11)14-9-12(8-13)4-5-12/h2-3,6,10,14H,4-5,7-9,13H2,1H3. The van der Waals surface area contributed by atoms with Crippen molar-refractivity contribution in [1.29, 1.82) is 0 Å². The van der Waals surface area contributed by atoms with Gasteiger partial charge in [0.05, 0.1) is 6.26 Å². The minimum Gasteiger partial charge on any atom is -0.469 e. The molecule has 1 aliphatic rings. The zero-order valence-corrected chi connectivity index (χ0v) is 9.33. The van der Waals surface area contributed by atoms with Gasteiger partial charge in [0.25, 0.3) is 0 Å². The van der Waals surface area contributed by atoms with Crippen molar-refractivity contribution < 1.29 is 4.42 Å². The quantitative estimate of drug-likeness (QED) is 0.745. The Morgan fingerprint density at radius 1 is 1.60 bits per heavy atom. The van der Waals surface area contributed by atoms with E-state index in [1.807, 2.05) is 12.1 Å². The summed E-state index contributed by atoms with van der Waals surface area (Å²) < 4.78 is 5.31. The van der Waals surface area contributed by atoms with Crippen molar-refractivity contribution >= 4 is 0 Å². The minimum atomic E-state index is 0.414. The number of nitrogens with one attached hydrogen (secondary N) is 1. The molecule has 3 nitrogen and oxygen atoms in total. The molecule has 0 spiro atoms. The highest BCUT2D eigenvalue weighted by Crippen LogP contribution is 2.43. The lowest BCUT2D eigenvalue weighted by Crippen LogP contribution is -2.36. The van der Waals surface area contributed by atoms with Crippen LogP contribution in [-0.4, -0.2) is 19.1 Å². The van der Waals surface area contributed by atoms with Gasteiger partial charge in [-0.05, 0) is 43.9 Å². The summed E-state index contributed by atoms with van der Waals surface area (Å²) in [5, 5.41) is 3.53. The summed E-state index contributed by atoms with van der Waals surface area (Å²) >= 11 is 0. The van der Waals surface area contributed by atoms with E-state index in [9.17, 15) is 0 Å². The summed E-state index contributed by atoms with van der Waals surface area (Å²) in [6.07, 6.45) is 5.24. The SMILES string of the molecule is CC(Cc1ccco1)NCC1(CN)CC1. The summed E-state index contributed by atoms with van der Waals surface area (Å²) in [4.78, 5) is 0. The van der Waals surface area contributed by atoms with Crippen molar-refractivity contribution in [1.82, 2.24) is 5.32 Å². The first-order chi connectivity index (χ1) is 7.24. The average Bonchev–Trinajstić information content (AvgIpc) is 2.86. The molecule has 0 aliphatic heterocycles. The second-order valence-electron chi connectivity index (χ2n) is 4.77. The summed E-state index contributed by atoms with van der Waals surface area (Å²) in [6.45, 7) is 4.05. The van der Waals surface area contributed by atoms with Crippen LogP contribution in [0.25, 0.3) is 0 Å². The molecule has 3 N–H and O–H groups in total. The Balaban J connectivity index is 1.71. The second-order valence-corrected chi connectivity index (χ2v) is 4.77. The second kappa shape index (κ2) is 4.37. The van der Waals surface area contributed by atoms with Crippen molar-refractivity contribution in [2.75, 3.05) is 13.1 Å². The maximum absolute atomic E-state index is 5.73. The fourth-order valence-corrected chi connectivity index (χ4v) is 1.82. The van der Waals surface area contributed by atoms with Crippen LogP contribution in [0.4, 0.5) is 0 Å². The summed E-state index contributed by atoms with van der Waals surface area (Å²) in [5.41, 5.74) is 6.15. The third-order valence-electron chi connectivity index (χ3n) is 3.30. The van der Waals surface area contributed by atoms with E-state index in [0.717, 1.165) is 25.3 Å². The fraction of sp³-hybridized carbons (Fsp3) is 0.667. The molecule has 0 saturated heterocycles. The van der Waals surface area contributed by atoms with Crippen molar-refractivity contribution in [2.45, 2.75) is 32.2 Å². The Bertz CT molecular complexity index is 291. The van der Waals surface area contributed by atoms with E-state index in [1.165, 1.54) is 12.8 Å². The van der Waals surface area contributed by atoms with Crippen LogP contribution < -0.4 is 11.1 Å². The zero-order chi connectivity index (χ0) is 10.7. The molecule has 84 valence electrons. The minimum absolute atomic E-state index is 0.414. The Labute approximate surface area is 91.0 Å². The van der Waals surface area contributed by atoms with Gasteiger partial charge in [-0.3, -0.25) is 0 Å². The van der Waals surface area contributed by atoms with Gasteiger partial charge in [-0.25, -0.2) is 0 Å². The van der Waals surface area contributed by atoms with Crippen LogP contribution in [0.2, 0.25) is 0 Å². The lowest BCUT2D eigenvalue weighted by Gasteiger charge is -2.17. The largest absolute Gasteiger partial charge is 0.469 e. The molecule has 2 rings (SSSR count). The molecular weight excluding hydrogens is 188 g/mol. The lowest BCUT2D eigenvalue weighted by molar-refractivity contribution is 0.405. The first kappa shape index (κ1) is 10.7. The van der Waals surface area contributed by atoms with Crippen LogP contribution in [-0.2, 0) is 6.42 Å². The molecule has 15 heavy (non-hydrogen) atoms. The summed E-state index contributed by atoms with van der Waals surface area (Å²) in [6, 6.07) is 4.42. The monoisotopic (exact) mass is 208 g/mol. The Hall–Kier alpha value is -0.800. The van der Waals surface area contributed by atoms with Crippen LogP contribution in [0.15, 0.2) is 22.8 Å². The van der Waals surface area contributed by atoms with Crippen molar-refractivity contribution in [3.8, 4) is 0 Å². The maximum atomic E-state index is 5.73. The van der Waals surface area contributed by atoms with E-state index in [4.69, 9.17) is 10.2 Å². The molecule has 0 amide bonds. The molecule has 0 bridgehead atoms. The van der Waals surface area contributed by atoms with Crippen LogP contribution in [0.5, 0.6) is 0 Å². The Morgan fingerprint density at radius 3 is 2.93 bits per heavy atom. The van der Waals surface area contributed by atoms with E-state index >= 15 is 0 Å². The van der Waals surface area contributed by atoms with Gasteiger partial charge in [-0.2, -0.15) is 0 Å². The van der Waals surface area contributed by atoms with Gasteiger partial charge in [0.2, 0.25) is 0 Å². The van der Waals surface area contributed by atoms with E-state index in [2.05, 4.69) is 12.2 Å². The summed E-state index contributed by atoms with van der Waals surface area (Å²) in [5.74, 6) is 1.05. The molecule has 1 aromatic rings. The van der Waals surface area contributed by atoms with Gasteiger partial charge in [0.1, 0.15) is 5.76 Å². The van der Waals surface area contributed by atoms with Crippen molar-refractivity contribution in [2.24, 2.45) is 11.1 Å². The molecule has 1 atom stereocenters. The molecule has 0 aromatic carbocycles. The smallest absolute Gasteiger partial charge is 0.105 e. The molecule has 3 heteroatoms. The predicted molar refractivity (Wildman–Crippen MR) is 60.6 cm³/mol. The number of rotatable bonds is 6. The third-order valence-corrected chi connectivity index (χ3v) is 3.30. The fourth-order valence-electron chi connectivity index (χ4n) is 1.82. The number of furan rings is 1. The van der Waals surface area contributed by atoms with Gasteiger partial charge < -0.3 is 15.5 Å². The number of hydrogen-bond acceptors (Lipinski definition) is 3. The Kier molecular flexibility index (Phi) is 3.12. The van der Waals surface area contributed by atoms with Gasteiger partial charge >= 0.3 is 0 Å². The molecule has 1 saturated carbocycles. The third kappa shape index (κ3) is 2.83. The van der Waals surface area contributed by atoms with Gasteiger partial charge in [0, 0.05) is 19.0 Å². The average molecular weight is 208 g/mol. The van der Waals surface area contributed by atoms with E-state index in [0.29, 0.717) is 11.5 Å². The predicted octanol–water partition coefficient (Wildman–Crippen LogP) is 1.54. The molecule has 1 fully saturated rings. The van der Waals surface area contributed by atoms with Crippen molar-refractivity contribution in [3.63, 3.8) is 0 Å². The number of nitrogens with two attached hydrogens (primary N) is 1.